The highest BCUT2D eigenvalue weighted by molar-refractivity contribution is 7.22. The summed E-state index contributed by atoms with van der Waals surface area (Å²) in [5, 5.41) is 5.50. The van der Waals surface area contributed by atoms with Gasteiger partial charge in [0.15, 0.2) is 5.13 Å². The van der Waals surface area contributed by atoms with Crippen molar-refractivity contribution in [3.05, 3.63) is 45.1 Å². The number of carbonyl (C=O) groups excluding carboxylic acids is 1. The van der Waals surface area contributed by atoms with Crippen molar-refractivity contribution in [2.75, 3.05) is 5.32 Å². The maximum absolute atomic E-state index is 12.2. The maximum atomic E-state index is 12.2. The SMILES string of the molecule is Cc1ccsc1C(=O)Nc1nc2c(C)ccc(C)c2s1. The van der Waals surface area contributed by atoms with E-state index < -0.39 is 0 Å². The number of nitrogens with zero attached hydrogens (tertiary/aromatic N) is 1. The molecule has 0 unspecified atom stereocenters. The predicted molar refractivity (Wildman–Crippen MR) is 86.1 cm³/mol. The fourth-order valence-corrected chi connectivity index (χ4v) is 3.90. The van der Waals surface area contributed by atoms with Crippen LogP contribution in [0.5, 0.6) is 0 Å². The van der Waals surface area contributed by atoms with Crippen LogP contribution < -0.4 is 5.32 Å². The third-order valence-corrected chi connectivity index (χ3v) is 5.35. The zero-order valence-electron chi connectivity index (χ0n) is 11.5. The summed E-state index contributed by atoms with van der Waals surface area (Å²) in [4.78, 5) is 17.5. The number of hydrogen-bond donors (Lipinski definition) is 1. The Morgan fingerprint density at radius 3 is 2.50 bits per heavy atom. The van der Waals surface area contributed by atoms with Crippen LogP contribution in [-0.2, 0) is 0 Å². The molecule has 0 bridgehead atoms. The van der Waals surface area contributed by atoms with Gasteiger partial charge in [-0.2, -0.15) is 0 Å². The van der Waals surface area contributed by atoms with E-state index in [2.05, 4.69) is 29.4 Å². The molecular formula is C15H14N2OS2. The second-order valence-electron chi connectivity index (χ2n) is 4.78. The minimum absolute atomic E-state index is 0.0770. The minimum Gasteiger partial charge on any atom is -0.297 e. The molecule has 2 heterocycles. The van der Waals surface area contributed by atoms with E-state index in [1.165, 1.54) is 28.2 Å². The van der Waals surface area contributed by atoms with Crippen LogP contribution in [0.15, 0.2) is 23.6 Å². The first-order valence-corrected chi connectivity index (χ1v) is 7.98. The molecule has 3 aromatic rings. The van der Waals surface area contributed by atoms with Crippen molar-refractivity contribution in [1.29, 1.82) is 0 Å². The lowest BCUT2D eigenvalue weighted by Crippen LogP contribution is -2.10. The Morgan fingerprint density at radius 1 is 1.10 bits per heavy atom. The summed E-state index contributed by atoms with van der Waals surface area (Å²) in [6, 6.07) is 6.10. The van der Waals surface area contributed by atoms with E-state index in [9.17, 15) is 4.79 Å². The van der Waals surface area contributed by atoms with Gasteiger partial charge in [0.25, 0.3) is 5.91 Å². The summed E-state index contributed by atoms with van der Waals surface area (Å²) in [6.07, 6.45) is 0. The van der Waals surface area contributed by atoms with Crippen molar-refractivity contribution in [2.24, 2.45) is 0 Å². The van der Waals surface area contributed by atoms with E-state index in [1.807, 2.05) is 25.3 Å². The molecule has 0 saturated heterocycles. The topological polar surface area (TPSA) is 42.0 Å². The predicted octanol–water partition coefficient (Wildman–Crippen LogP) is 4.54. The standard InChI is InChI=1S/C15H14N2OS2/c1-8-4-5-9(2)12-11(8)16-15(20-12)17-14(18)13-10(3)6-7-19-13/h4-7H,1-3H3,(H,16,17,18). The molecule has 3 rings (SSSR count). The summed E-state index contributed by atoms with van der Waals surface area (Å²) in [7, 11) is 0. The second kappa shape index (κ2) is 5.00. The first kappa shape index (κ1) is 13.3. The van der Waals surface area contributed by atoms with Crippen LogP contribution in [0.4, 0.5) is 5.13 Å². The molecule has 0 atom stereocenters. The lowest BCUT2D eigenvalue weighted by Gasteiger charge is -1.99. The molecule has 0 spiro atoms. The van der Waals surface area contributed by atoms with Crippen molar-refractivity contribution in [3.8, 4) is 0 Å². The second-order valence-corrected chi connectivity index (χ2v) is 6.70. The van der Waals surface area contributed by atoms with Crippen molar-refractivity contribution in [3.63, 3.8) is 0 Å². The van der Waals surface area contributed by atoms with E-state index in [0.29, 0.717) is 5.13 Å². The molecule has 0 aliphatic carbocycles. The van der Waals surface area contributed by atoms with Gasteiger partial charge in [0.05, 0.1) is 15.1 Å². The maximum Gasteiger partial charge on any atom is 0.267 e. The number of anilines is 1. The van der Waals surface area contributed by atoms with Crippen LogP contribution >= 0.6 is 22.7 Å². The average Bonchev–Trinajstić information content (AvgIpc) is 3.01. The number of thiazole rings is 1. The number of rotatable bonds is 2. The van der Waals surface area contributed by atoms with Crippen molar-refractivity contribution in [2.45, 2.75) is 20.8 Å². The molecule has 1 amide bonds. The number of aryl methyl sites for hydroxylation is 3. The van der Waals surface area contributed by atoms with Gasteiger partial charge in [0.2, 0.25) is 0 Å². The van der Waals surface area contributed by atoms with Gasteiger partial charge >= 0.3 is 0 Å². The first-order chi connectivity index (χ1) is 9.56. The number of amides is 1. The van der Waals surface area contributed by atoms with E-state index >= 15 is 0 Å². The Morgan fingerprint density at radius 2 is 1.85 bits per heavy atom. The molecule has 3 nitrogen and oxygen atoms in total. The van der Waals surface area contributed by atoms with E-state index in [1.54, 1.807) is 0 Å². The number of benzene rings is 1. The normalized spacial score (nSPS) is 10.9. The van der Waals surface area contributed by atoms with Crippen LogP contribution in [0.1, 0.15) is 26.4 Å². The summed E-state index contributed by atoms with van der Waals surface area (Å²) < 4.78 is 1.14. The summed E-state index contributed by atoms with van der Waals surface area (Å²) in [5.41, 5.74) is 4.31. The zero-order valence-corrected chi connectivity index (χ0v) is 13.1. The largest absolute Gasteiger partial charge is 0.297 e. The Labute approximate surface area is 125 Å². The van der Waals surface area contributed by atoms with Gasteiger partial charge in [-0.05, 0) is 48.9 Å². The van der Waals surface area contributed by atoms with Crippen molar-refractivity contribution < 1.29 is 4.79 Å². The van der Waals surface area contributed by atoms with Gasteiger partial charge in [0, 0.05) is 0 Å². The number of thiophene rings is 1. The van der Waals surface area contributed by atoms with Gasteiger partial charge in [0.1, 0.15) is 0 Å². The van der Waals surface area contributed by atoms with Gasteiger partial charge in [-0.25, -0.2) is 4.98 Å². The van der Waals surface area contributed by atoms with E-state index in [4.69, 9.17) is 0 Å². The molecule has 1 aromatic carbocycles. The molecule has 0 aliphatic heterocycles. The van der Waals surface area contributed by atoms with Gasteiger partial charge < -0.3 is 0 Å². The fourth-order valence-electron chi connectivity index (χ4n) is 2.07. The lowest BCUT2D eigenvalue weighted by atomic mass is 10.1. The Kier molecular flexibility index (Phi) is 3.31. The number of aromatic nitrogens is 1. The summed E-state index contributed by atoms with van der Waals surface area (Å²) in [5.74, 6) is -0.0770. The molecule has 1 N–H and O–H groups in total. The number of carbonyl (C=O) groups is 1. The Hall–Kier alpha value is -1.72. The van der Waals surface area contributed by atoms with Crippen LogP contribution in [0, 0.1) is 20.8 Å². The van der Waals surface area contributed by atoms with Crippen LogP contribution in [0.2, 0.25) is 0 Å². The highest BCUT2D eigenvalue weighted by Gasteiger charge is 2.14. The van der Waals surface area contributed by atoms with Gasteiger partial charge in [-0.15, -0.1) is 11.3 Å². The quantitative estimate of drug-likeness (QED) is 0.755. The minimum atomic E-state index is -0.0770. The third kappa shape index (κ3) is 2.23. The number of hydrogen-bond acceptors (Lipinski definition) is 4. The first-order valence-electron chi connectivity index (χ1n) is 6.28. The molecule has 102 valence electrons. The number of nitrogens with one attached hydrogen (secondary N) is 1. The van der Waals surface area contributed by atoms with E-state index in [0.717, 1.165) is 26.2 Å². The monoisotopic (exact) mass is 302 g/mol. The highest BCUT2D eigenvalue weighted by atomic mass is 32.1. The van der Waals surface area contributed by atoms with Crippen molar-refractivity contribution >= 4 is 43.9 Å². The molecule has 0 saturated carbocycles. The lowest BCUT2D eigenvalue weighted by molar-refractivity contribution is 0.103. The summed E-state index contributed by atoms with van der Waals surface area (Å²) in [6.45, 7) is 6.05. The van der Waals surface area contributed by atoms with Gasteiger partial charge in [-0.3, -0.25) is 10.1 Å². The average molecular weight is 302 g/mol. The molecule has 5 heteroatoms. The van der Waals surface area contributed by atoms with Crippen molar-refractivity contribution in [1.82, 2.24) is 4.98 Å². The van der Waals surface area contributed by atoms with Crippen LogP contribution in [0.3, 0.4) is 0 Å². The van der Waals surface area contributed by atoms with Gasteiger partial charge in [-0.1, -0.05) is 23.5 Å². The fraction of sp³-hybridized carbons (Fsp3) is 0.200. The third-order valence-electron chi connectivity index (χ3n) is 3.23. The number of fused-ring (bicyclic) bond motifs is 1. The Balaban J connectivity index is 1.96. The van der Waals surface area contributed by atoms with Crippen LogP contribution in [0.25, 0.3) is 10.2 Å². The molecule has 20 heavy (non-hydrogen) atoms. The molecule has 2 aromatic heterocycles. The van der Waals surface area contributed by atoms with E-state index in [-0.39, 0.29) is 5.91 Å². The summed E-state index contributed by atoms with van der Waals surface area (Å²) >= 11 is 2.99. The molecule has 0 radical (unpaired) electrons. The Bertz CT molecular complexity index is 762. The van der Waals surface area contributed by atoms with Crippen LogP contribution in [-0.4, -0.2) is 10.9 Å². The molecular weight excluding hydrogens is 288 g/mol. The molecule has 0 fully saturated rings. The smallest absolute Gasteiger partial charge is 0.267 e. The molecule has 0 aliphatic rings. The highest BCUT2D eigenvalue weighted by Crippen LogP contribution is 2.31. The zero-order chi connectivity index (χ0) is 14.3.